The first-order chi connectivity index (χ1) is 11.6. The Balaban J connectivity index is 1.84. The standard InChI is InChI=1S/C21H18N2O/c1-14-12-16(15(2)23(14)17-8-4-3-5-9-17)13-19-18-10-6-7-11-20(18)22-21(19)24/h3-13H,1-2H3,(H,22,24). The molecule has 1 N–H and O–H groups in total. The number of amides is 1. The molecule has 0 fully saturated rings. The highest BCUT2D eigenvalue weighted by Gasteiger charge is 2.24. The van der Waals surface area contributed by atoms with Crippen LogP contribution in [0.25, 0.3) is 17.3 Å². The van der Waals surface area contributed by atoms with E-state index in [2.05, 4.69) is 41.9 Å². The normalized spacial score (nSPS) is 14.8. The summed E-state index contributed by atoms with van der Waals surface area (Å²) in [6.07, 6.45) is 1.99. The molecular formula is C21H18N2O. The van der Waals surface area contributed by atoms with Gasteiger partial charge in [0.05, 0.1) is 0 Å². The summed E-state index contributed by atoms with van der Waals surface area (Å²) >= 11 is 0. The minimum absolute atomic E-state index is 0.0410. The van der Waals surface area contributed by atoms with Gasteiger partial charge in [-0.1, -0.05) is 36.4 Å². The summed E-state index contributed by atoms with van der Waals surface area (Å²) in [5.74, 6) is -0.0410. The third kappa shape index (κ3) is 2.26. The van der Waals surface area contributed by atoms with Crippen molar-refractivity contribution < 1.29 is 4.79 Å². The second-order valence-corrected chi connectivity index (χ2v) is 6.06. The van der Waals surface area contributed by atoms with Crippen molar-refractivity contribution in [2.45, 2.75) is 13.8 Å². The van der Waals surface area contributed by atoms with Gasteiger partial charge in [-0.05, 0) is 49.8 Å². The largest absolute Gasteiger partial charge is 0.321 e. The third-order valence-electron chi connectivity index (χ3n) is 4.49. The van der Waals surface area contributed by atoms with Gasteiger partial charge in [-0.3, -0.25) is 4.79 Å². The molecule has 3 heteroatoms. The molecule has 118 valence electrons. The number of rotatable bonds is 2. The molecule has 2 heterocycles. The highest BCUT2D eigenvalue weighted by atomic mass is 16.2. The van der Waals surface area contributed by atoms with E-state index in [1.807, 2.05) is 48.5 Å². The van der Waals surface area contributed by atoms with Gasteiger partial charge < -0.3 is 9.88 Å². The number of fused-ring (bicyclic) bond motifs is 1. The van der Waals surface area contributed by atoms with Crippen LogP contribution in [0.3, 0.4) is 0 Å². The molecule has 0 spiro atoms. The number of nitrogens with zero attached hydrogens (tertiary/aromatic N) is 1. The predicted octanol–water partition coefficient (Wildman–Crippen LogP) is 4.59. The Morgan fingerprint density at radius 3 is 2.46 bits per heavy atom. The number of aryl methyl sites for hydroxylation is 1. The van der Waals surface area contributed by atoms with Gasteiger partial charge in [-0.15, -0.1) is 0 Å². The second-order valence-electron chi connectivity index (χ2n) is 6.06. The highest BCUT2D eigenvalue weighted by Crippen LogP contribution is 2.34. The van der Waals surface area contributed by atoms with Crippen molar-refractivity contribution >= 4 is 23.2 Å². The summed E-state index contributed by atoms with van der Waals surface area (Å²) in [4.78, 5) is 12.3. The molecular weight excluding hydrogens is 296 g/mol. The molecule has 0 atom stereocenters. The van der Waals surface area contributed by atoms with Gasteiger partial charge in [0.25, 0.3) is 5.91 Å². The van der Waals surface area contributed by atoms with Gasteiger partial charge in [0.15, 0.2) is 0 Å². The molecule has 0 bridgehead atoms. The number of anilines is 1. The average molecular weight is 314 g/mol. The average Bonchev–Trinajstić information content (AvgIpc) is 3.05. The molecule has 0 unspecified atom stereocenters. The molecule has 0 radical (unpaired) electrons. The first-order valence-corrected chi connectivity index (χ1v) is 8.02. The number of carbonyl (C=O) groups excluding carboxylic acids is 1. The fraction of sp³-hybridized carbons (Fsp3) is 0.0952. The van der Waals surface area contributed by atoms with Crippen LogP contribution < -0.4 is 5.32 Å². The fourth-order valence-corrected chi connectivity index (χ4v) is 3.35. The Labute approximate surface area is 141 Å². The zero-order valence-corrected chi connectivity index (χ0v) is 13.7. The predicted molar refractivity (Wildman–Crippen MR) is 98.2 cm³/mol. The number of nitrogens with one attached hydrogen (secondary N) is 1. The van der Waals surface area contributed by atoms with Gasteiger partial charge in [-0.25, -0.2) is 0 Å². The molecule has 1 amide bonds. The van der Waals surface area contributed by atoms with Crippen molar-refractivity contribution in [2.75, 3.05) is 5.32 Å². The van der Waals surface area contributed by atoms with Crippen molar-refractivity contribution in [1.82, 2.24) is 4.57 Å². The maximum Gasteiger partial charge on any atom is 0.256 e. The summed E-state index contributed by atoms with van der Waals surface area (Å²) in [5, 5.41) is 2.93. The molecule has 1 aliphatic rings. The molecule has 0 saturated heterocycles. The van der Waals surface area contributed by atoms with Gasteiger partial charge in [0, 0.05) is 33.9 Å². The Hall–Kier alpha value is -3.07. The van der Waals surface area contributed by atoms with E-state index in [-0.39, 0.29) is 5.91 Å². The molecule has 24 heavy (non-hydrogen) atoms. The van der Waals surface area contributed by atoms with E-state index >= 15 is 0 Å². The molecule has 3 nitrogen and oxygen atoms in total. The van der Waals surface area contributed by atoms with Crippen LogP contribution in [0.15, 0.2) is 60.7 Å². The zero-order valence-electron chi connectivity index (χ0n) is 13.7. The summed E-state index contributed by atoms with van der Waals surface area (Å²) in [7, 11) is 0. The number of para-hydroxylation sites is 2. The van der Waals surface area contributed by atoms with E-state index in [0.29, 0.717) is 0 Å². The summed E-state index contributed by atoms with van der Waals surface area (Å²) in [6.45, 7) is 4.18. The van der Waals surface area contributed by atoms with Gasteiger partial charge in [0.2, 0.25) is 0 Å². The lowest BCUT2D eigenvalue weighted by atomic mass is 10.0. The van der Waals surface area contributed by atoms with Crippen molar-refractivity contribution in [2.24, 2.45) is 0 Å². The van der Waals surface area contributed by atoms with Crippen molar-refractivity contribution in [3.05, 3.63) is 83.2 Å². The van der Waals surface area contributed by atoms with E-state index in [1.54, 1.807) is 0 Å². The molecule has 2 aromatic carbocycles. The highest BCUT2D eigenvalue weighted by molar-refractivity contribution is 6.34. The number of benzene rings is 2. The minimum atomic E-state index is -0.0410. The third-order valence-corrected chi connectivity index (χ3v) is 4.49. The summed E-state index contributed by atoms with van der Waals surface area (Å²) in [5.41, 5.74) is 7.05. The van der Waals surface area contributed by atoms with Crippen LogP contribution in [-0.4, -0.2) is 10.5 Å². The van der Waals surface area contributed by atoms with E-state index < -0.39 is 0 Å². The Morgan fingerprint density at radius 1 is 0.958 bits per heavy atom. The van der Waals surface area contributed by atoms with Crippen molar-refractivity contribution in [1.29, 1.82) is 0 Å². The number of carbonyl (C=O) groups is 1. The first-order valence-electron chi connectivity index (χ1n) is 8.02. The lowest BCUT2D eigenvalue weighted by Gasteiger charge is -2.09. The minimum Gasteiger partial charge on any atom is -0.321 e. The quantitative estimate of drug-likeness (QED) is 0.690. The van der Waals surface area contributed by atoms with Crippen molar-refractivity contribution in [3.63, 3.8) is 0 Å². The smallest absolute Gasteiger partial charge is 0.256 e. The number of hydrogen-bond donors (Lipinski definition) is 1. The molecule has 1 aliphatic heterocycles. The lowest BCUT2D eigenvalue weighted by molar-refractivity contribution is -0.110. The van der Waals surface area contributed by atoms with E-state index in [1.165, 1.54) is 0 Å². The van der Waals surface area contributed by atoms with Crippen LogP contribution in [0.5, 0.6) is 0 Å². The Morgan fingerprint density at radius 2 is 1.67 bits per heavy atom. The molecule has 3 aromatic rings. The first kappa shape index (κ1) is 14.5. The Bertz CT molecular complexity index is 965. The molecule has 0 aliphatic carbocycles. The molecule has 1 aromatic heterocycles. The number of aromatic nitrogens is 1. The van der Waals surface area contributed by atoms with Crippen LogP contribution in [0.2, 0.25) is 0 Å². The monoisotopic (exact) mass is 314 g/mol. The Kier molecular flexibility index (Phi) is 3.35. The lowest BCUT2D eigenvalue weighted by Crippen LogP contribution is -2.03. The van der Waals surface area contributed by atoms with Crippen LogP contribution in [0.1, 0.15) is 22.5 Å². The maximum atomic E-state index is 12.3. The van der Waals surface area contributed by atoms with E-state index in [0.717, 1.165) is 39.5 Å². The maximum absolute atomic E-state index is 12.3. The van der Waals surface area contributed by atoms with Gasteiger partial charge in [0.1, 0.15) is 0 Å². The van der Waals surface area contributed by atoms with Crippen molar-refractivity contribution in [3.8, 4) is 5.69 Å². The SMILES string of the molecule is Cc1cc(C=C2C(=O)Nc3ccccc32)c(C)n1-c1ccccc1. The zero-order chi connectivity index (χ0) is 16.7. The summed E-state index contributed by atoms with van der Waals surface area (Å²) < 4.78 is 2.21. The second kappa shape index (κ2) is 5.53. The van der Waals surface area contributed by atoms with E-state index in [9.17, 15) is 4.79 Å². The molecule has 0 saturated carbocycles. The fourth-order valence-electron chi connectivity index (χ4n) is 3.35. The van der Waals surface area contributed by atoms with E-state index in [4.69, 9.17) is 0 Å². The van der Waals surface area contributed by atoms with Crippen LogP contribution in [-0.2, 0) is 4.79 Å². The van der Waals surface area contributed by atoms with Crippen LogP contribution >= 0.6 is 0 Å². The summed E-state index contributed by atoms with van der Waals surface area (Å²) in [6, 6.07) is 20.2. The topological polar surface area (TPSA) is 34.0 Å². The molecule has 4 rings (SSSR count). The number of hydrogen-bond acceptors (Lipinski definition) is 1. The van der Waals surface area contributed by atoms with Crippen LogP contribution in [0.4, 0.5) is 5.69 Å². The van der Waals surface area contributed by atoms with Gasteiger partial charge >= 0.3 is 0 Å². The van der Waals surface area contributed by atoms with Crippen LogP contribution in [0, 0.1) is 13.8 Å². The van der Waals surface area contributed by atoms with Gasteiger partial charge in [-0.2, -0.15) is 0 Å².